The molecule has 0 aliphatic carbocycles. The summed E-state index contributed by atoms with van der Waals surface area (Å²) in [4.78, 5) is 4.08. The first-order valence-electron chi connectivity index (χ1n) is 5.32. The van der Waals surface area contributed by atoms with Gasteiger partial charge in [0.2, 0.25) is 0 Å². The molecule has 5 nitrogen and oxygen atoms in total. The van der Waals surface area contributed by atoms with Gasteiger partial charge in [-0.2, -0.15) is 0 Å². The minimum absolute atomic E-state index is 0.106. The highest BCUT2D eigenvalue weighted by molar-refractivity contribution is 7.92. The summed E-state index contributed by atoms with van der Waals surface area (Å²) in [5.41, 5.74) is 6.43. The van der Waals surface area contributed by atoms with E-state index in [9.17, 15) is 8.42 Å². The van der Waals surface area contributed by atoms with Crippen molar-refractivity contribution in [2.45, 2.75) is 4.90 Å². The van der Waals surface area contributed by atoms with Crippen molar-refractivity contribution in [1.82, 2.24) is 4.98 Å². The highest BCUT2D eigenvalue weighted by Gasteiger charge is 2.14. The number of aromatic nitrogens is 1. The van der Waals surface area contributed by atoms with Crippen LogP contribution in [-0.2, 0) is 10.0 Å². The van der Waals surface area contributed by atoms with Gasteiger partial charge in [-0.3, -0.25) is 9.71 Å². The highest BCUT2D eigenvalue weighted by atomic mass is 32.2. The number of benzene rings is 1. The molecule has 98 valence electrons. The van der Waals surface area contributed by atoms with Crippen molar-refractivity contribution in [2.75, 3.05) is 4.72 Å². The Morgan fingerprint density at radius 2 is 1.89 bits per heavy atom. The zero-order valence-corrected chi connectivity index (χ0v) is 11.4. The molecule has 0 aliphatic rings. The van der Waals surface area contributed by atoms with Crippen LogP contribution in [0.5, 0.6) is 0 Å². The predicted molar refractivity (Wildman–Crippen MR) is 77.4 cm³/mol. The Bertz CT molecular complexity index is 700. The molecule has 0 amide bonds. The van der Waals surface area contributed by atoms with Gasteiger partial charge in [0.1, 0.15) is 4.99 Å². The van der Waals surface area contributed by atoms with Gasteiger partial charge in [0.15, 0.2) is 0 Å². The quantitative estimate of drug-likeness (QED) is 0.835. The SMILES string of the molecule is NC(=S)c1cccc(S(=O)(=O)Nc2ccncc2)c1. The fourth-order valence-electron chi connectivity index (χ4n) is 1.45. The molecule has 0 radical (unpaired) electrons. The van der Waals surface area contributed by atoms with Gasteiger partial charge in [0.25, 0.3) is 10.0 Å². The predicted octanol–water partition coefficient (Wildman–Crippen LogP) is 1.52. The molecule has 0 saturated carbocycles. The van der Waals surface area contributed by atoms with Crippen LogP contribution < -0.4 is 10.5 Å². The summed E-state index contributed by atoms with van der Waals surface area (Å²) in [5.74, 6) is 0. The van der Waals surface area contributed by atoms with Crippen molar-refractivity contribution in [3.05, 3.63) is 54.4 Å². The van der Waals surface area contributed by atoms with Crippen LogP contribution in [0, 0.1) is 0 Å². The van der Waals surface area contributed by atoms with Crippen LogP contribution in [0.1, 0.15) is 5.56 Å². The number of nitrogens with two attached hydrogens (primary N) is 1. The molecule has 1 aromatic carbocycles. The van der Waals surface area contributed by atoms with E-state index in [-0.39, 0.29) is 9.88 Å². The van der Waals surface area contributed by atoms with Gasteiger partial charge < -0.3 is 5.73 Å². The Kier molecular flexibility index (Phi) is 3.77. The molecule has 19 heavy (non-hydrogen) atoms. The second-order valence-corrected chi connectivity index (χ2v) is 5.86. The lowest BCUT2D eigenvalue weighted by Crippen LogP contribution is -2.15. The van der Waals surface area contributed by atoms with E-state index < -0.39 is 10.0 Å². The molecule has 0 saturated heterocycles. The molecule has 1 aromatic heterocycles. The third kappa shape index (κ3) is 3.27. The second-order valence-electron chi connectivity index (χ2n) is 3.73. The molecule has 1 heterocycles. The number of sulfonamides is 1. The average Bonchev–Trinajstić information content (AvgIpc) is 2.39. The Balaban J connectivity index is 2.35. The Morgan fingerprint density at radius 1 is 1.21 bits per heavy atom. The summed E-state index contributed by atoms with van der Waals surface area (Å²) in [5, 5.41) is 0. The summed E-state index contributed by atoms with van der Waals surface area (Å²) < 4.78 is 26.8. The molecule has 7 heteroatoms. The summed E-state index contributed by atoms with van der Waals surface area (Å²) >= 11 is 4.83. The van der Waals surface area contributed by atoms with Crippen molar-refractivity contribution in [1.29, 1.82) is 0 Å². The number of nitrogens with one attached hydrogen (secondary N) is 1. The van der Waals surface area contributed by atoms with Crippen LogP contribution in [0.15, 0.2) is 53.7 Å². The lowest BCUT2D eigenvalue weighted by molar-refractivity contribution is 0.601. The second kappa shape index (κ2) is 5.33. The lowest BCUT2D eigenvalue weighted by Gasteiger charge is -2.08. The van der Waals surface area contributed by atoms with Crippen molar-refractivity contribution < 1.29 is 8.42 Å². The van der Waals surface area contributed by atoms with Crippen LogP contribution in [0.25, 0.3) is 0 Å². The topological polar surface area (TPSA) is 85.1 Å². The lowest BCUT2D eigenvalue weighted by atomic mass is 10.2. The molecule has 0 fully saturated rings. The van der Waals surface area contributed by atoms with E-state index in [0.717, 1.165) is 0 Å². The molecular weight excluding hydrogens is 282 g/mol. The zero-order valence-electron chi connectivity index (χ0n) is 9.78. The number of hydrogen-bond donors (Lipinski definition) is 2. The molecular formula is C12H11N3O2S2. The third-order valence-corrected chi connectivity index (χ3v) is 3.98. The maximum Gasteiger partial charge on any atom is 0.261 e. The Labute approximate surface area is 116 Å². The smallest absolute Gasteiger partial charge is 0.261 e. The normalized spacial score (nSPS) is 10.9. The standard InChI is InChI=1S/C12H11N3O2S2/c13-12(18)9-2-1-3-11(8-9)19(16,17)15-10-4-6-14-7-5-10/h1-8H,(H2,13,18)(H,14,15). The largest absolute Gasteiger partial charge is 0.389 e. The van der Waals surface area contributed by atoms with Crippen LogP contribution in [0.4, 0.5) is 5.69 Å². The number of thiocarbonyl (C=S) groups is 1. The van der Waals surface area contributed by atoms with E-state index in [4.69, 9.17) is 18.0 Å². The van der Waals surface area contributed by atoms with Gasteiger partial charge in [0.05, 0.1) is 10.6 Å². The number of rotatable bonds is 4. The van der Waals surface area contributed by atoms with Crippen LogP contribution in [-0.4, -0.2) is 18.4 Å². The van der Waals surface area contributed by atoms with Gasteiger partial charge >= 0.3 is 0 Å². The molecule has 0 unspecified atom stereocenters. The first-order valence-corrected chi connectivity index (χ1v) is 7.21. The number of anilines is 1. The van der Waals surface area contributed by atoms with E-state index in [1.165, 1.54) is 24.5 Å². The average molecular weight is 293 g/mol. The van der Waals surface area contributed by atoms with E-state index in [2.05, 4.69) is 9.71 Å². The monoisotopic (exact) mass is 293 g/mol. The minimum atomic E-state index is -3.66. The third-order valence-electron chi connectivity index (χ3n) is 2.36. The molecule has 0 atom stereocenters. The van der Waals surface area contributed by atoms with E-state index in [1.807, 2.05) is 0 Å². The summed E-state index contributed by atoms with van der Waals surface area (Å²) in [6.07, 6.45) is 3.01. The van der Waals surface area contributed by atoms with Crippen molar-refractivity contribution in [3.8, 4) is 0 Å². The number of nitrogens with zero attached hydrogens (tertiary/aromatic N) is 1. The summed E-state index contributed by atoms with van der Waals surface area (Å²) in [6, 6.07) is 9.30. The van der Waals surface area contributed by atoms with Crippen molar-refractivity contribution >= 4 is 32.9 Å². The molecule has 0 spiro atoms. The summed E-state index contributed by atoms with van der Waals surface area (Å²) in [6.45, 7) is 0. The van der Waals surface area contributed by atoms with Crippen LogP contribution in [0.2, 0.25) is 0 Å². The molecule has 0 aliphatic heterocycles. The Morgan fingerprint density at radius 3 is 2.53 bits per heavy atom. The molecule has 2 rings (SSSR count). The van der Waals surface area contributed by atoms with Crippen molar-refractivity contribution in [2.24, 2.45) is 5.73 Å². The van der Waals surface area contributed by atoms with E-state index in [0.29, 0.717) is 11.3 Å². The fourth-order valence-corrected chi connectivity index (χ4v) is 2.68. The van der Waals surface area contributed by atoms with Crippen LogP contribution >= 0.6 is 12.2 Å². The van der Waals surface area contributed by atoms with E-state index in [1.54, 1.807) is 24.3 Å². The first-order chi connectivity index (χ1) is 8.99. The zero-order chi connectivity index (χ0) is 13.9. The molecule has 2 aromatic rings. The fraction of sp³-hybridized carbons (Fsp3) is 0. The van der Waals surface area contributed by atoms with E-state index >= 15 is 0 Å². The van der Waals surface area contributed by atoms with Gasteiger partial charge in [0, 0.05) is 18.0 Å². The number of pyridine rings is 1. The van der Waals surface area contributed by atoms with Gasteiger partial charge in [-0.1, -0.05) is 24.4 Å². The maximum absolute atomic E-state index is 12.2. The molecule has 3 N–H and O–H groups in total. The maximum atomic E-state index is 12.2. The first kappa shape index (κ1) is 13.4. The van der Waals surface area contributed by atoms with Gasteiger partial charge in [-0.25, -0.2) is 8.42 Å². The minimum Gasteiger partial charge on any atom is -0.389 e. The van der Waals surface area contributed by atoms with Crippen molar-refractivity contribution in [3.63, 3.8) is 0 Å². The summed E-state index contributed by atoms with van der Waals surface area (Å²) in [7, 11) is -3.66. The highest BCUT2D eigenvalue weighted by Crippen LogP contribution is 2.16. The molecule has 0 bridgehead atoms. The van der Waals surface area contributed by atoms with Gasteiger partial charge in [-0.15, -0.1) is 0 Å². The Hall–Kier alpha value is -1.99. The van der Waals surface area contributed by atoms with Crippen LogP contribution in [0.3, 0.4) is 0 Å². The number of hydrogen-bond acceptors (Lipinski definition) is 4. The van der Waals surface area contributed by atoms with Gasteiger partial charge in [-0.05, 0) is 24.3 Å².